The summed E-state index contributed by atoms with van der Waals surface area (Å²) < 4.78 is 5.48. The summed E-state index contributed by atoms with van der Waals surface area (Å²) in [5.41, 5.74) is -0.0736. The fourth-order valence-corrected chi connectivity index (χ4v) is 2.43. The lowest BCUT2D eigenvalue weighted by molar-refractivity contribution is 0.00749. The molecule has 0 unspecified atom stereocenters. The average Bonchev–Trinajstić information content (AvgIpc) is 2.32. The lowest BCUT2D eigenvalue weighted by Crippen LogP contribution is -2.49. The van der Waals surface area contributed by atoms with Crippen LogP contribution in [0.5, 0.6) is 0 Å². The van der Waals surface area contributed by atoms with E-state index < -0.39 is 5.60 Å². The third-order valence-electron chi connectivity index (χ3n) is 3.01. The molecule has 0 fully saturated rings. The Morgan fingerprint density at radius 2 is 1.78 bits per heavy atom. The number of hydrogen-bond donors (Lipinski definition) is 1. The number of ether oxygens (including phenoxy) is 1. The molecule has 0 heterocycles. The molecule has 0 spiro atoms. The van der Waals surface area contributed by atoms with Crippen molar-refractivity contribution in [2.75, 3.05) is 18.4 Å². The summed E-state index contributed by atoms with van der Waals surface area (Å²) in [6.07, 6.45) is -0.325. The van der Waals surface area contributed by atoms with Gasteiger partial charge in [0, 0.05) is 23.7 Å². The monoisotopic (exact) mass is 360 g/mol. The van der Waals surface area contributed by atoms with Crippen LogP contribution < -0.4 is 5.32 Å². The molecule has 23 heavy (non-hydrogen) atoms. The Bertz CT molecular complexity index is 549. The molecule has 1 aromatic carbocycles. The largest absolute Gasteiger partial charge is 0.444 e. The normalized spacial score (nSPS) is 12.0. The van der Waals surface area contributed by atoms with Crippen LogP contribution in [0.4, 0.5) is 10.5 Å². The van der Waals surface area contributed by atoms with Gasteiger partial charge in [-0.1, -0.05) is 23.2 Å². The molecule has 1 N–H and O–H groups in total. The van der Waals surface area contributed by atoms with Gasteiger partial charge >= 0.3 is 6.09 Å². The summed E-state index contributed by atoms with van der Waals surface area (Å²) in [6, 6.07) is 5.27. The van der Waals surface area contributed by atoms with Crippen LogP contribution in [0.2, 0.25) is 10.0 Å². The highest BCUT2D eigenvalue weighted by molar-refractivity contribution is 6.36. The summed E-state index contributed by atoms with van der Waals surface area (Å²) in [4.78, 5) is 14.1. The molecular weight excluding hydrogens is 335 g/mol. The Morgan fingerprint density at radius 3 is 2.26 bits per heavy atom. The van der Waals surface area contributed by atoms with Gasteiger partial charge in [-0.2, -0.15) is 0 Å². The van der Waals surface area contributed by atoms with Gasteiger partial charge in [-0.3, -0.25) is 0 Å². The predicted molar refractivity (Wildman–Crippen MR) is 97.6 cm³/mol. The quantitative estimate of drug-likeness (QED) is 0.776. The van der Waals surface area contributed by atoms with E-state index in [0.717, 1.165) is 5.69 Å². The Labute approximate surface area is 149 Å². The van der Waals surface area contributed by atoms with Gasteiger partial charge in [-0.25, -0.2) is 4.79 Å². The summed E-state index contributed by atoms with van der Waals surface area (Å²) in [5, 5.41) is 4.36. The highest BCUT2D eigenvalue weighted by atomic mass is 35.5. The molecule has 0 saturated carbocycles. The lowest BCUT2D eigenvalue weighted by Gasteiger charge is -2.37. The third kappa shape index (κ3) is 6.88. The first kappa shape index (κ1) is 19.9. The Hall–Kier alpha value is -1.13. The number of rotatable bonds is 4. The molecule has 0 aliphatic heterocycles. The minimum atomic E-state index is -0.520. The van der Waals surface area contributed by atoms with E-state index in [2.05, 4.69) is 5.32 Å². The van der Waals surface area contributed by atoms with Gasteiger partial charge in [0.2, 0.25) is 0 Å². The van der Waals surface area contributed by atoms with Crippen molar-refractivity contribution in [3.05, 3.63) is 28.2 Å². The smallest absolute Gasteiger partial charge is 0.410 e. The zero-order chi connectivity index (χ0) is 17.8. The molecule has 0 radical (unpaired) electrons. The number of halogens is 2. The summed E-state index contributed by atoms with van der Waals surface area (Å²) in [7, 11) is 0. The van der Waals surface area contributed by atoms with Crippen molar-refractivity contribution in [1.82, 2.24) is 4.90 Å². The van der Waals surface area contributed by atoms with Crippen molar-refractivity contribution in [3.8, 4) is 0 Å². The van der Waals surface area contributed by atoms with Gasteiger partial charge in [0.05, 0.1) is 10.7 Å². The first-order valence-electron chi connectivity index (χ1n) is 7.60. The number of hydrogen-bond acceptors (Lipinski definition) is 3. The number of nitrogens with one attached hydrogen (secondary N) is 1. The van der Waals surface area contributed by atoms with Crippen LogP contribution in [0, 0.1) is 0 Å². The van der Waals surface area contributed by atoms with Crippen molar-refractivity contribution >= 4 is 35.0 Å². The second-order valence-electron chi connectivity index (χ2n) is 7.35. The highest BCUT2D eigenvalue weighted by Crippen LogP contribution is 2.25. The van der Waals surface area contributed by atoms with E-state index in [1.807, 2.05) is 47.6 Å². The molecule has 0 atom stereocenters. The number of nitrogens with zero attached hydrogens (tertiary/aromatic N) is 1. The number of carbonyl (C=O) groups excluding carboxylic acids is 1. The van der Waals surface area contributed by atoms with Crippen LogP contribution in [0.25, 0.3) is 0 Å². The fraction of sp³-hybridized carbons (Fsp3) is 0.588. The number of benzene rings is 1. The van der Waals surface area contributed by atoms with E-state index in [4.69, 9.17) is 27.9 Å². The van der Waals surface area contributed by atoms with Crippen molar-refractivity contribution < 1.29 is 9.53 Å². The zero-order valence-electron chi connectivity index (χ0n) is 14.7. The average molecular weight is 361 g/mol. The van der Waals surface area contributed by atoms with Gasteiger partial charge in [-0.15, -0.1) is 0 Å². The molecule has 0 aliphatic carbocycles. The zero-order valence-corrected chi connectivity index (χ0v) is 16.2. The number of anilines is 1. The molecular formula is C17H26Cl2N2O2. The minimum Gasteiger partial charge on any atom is -0.444 e. The number of carbonyl (C=O) groups is 1. The Balaban J connectivity index is 2.70. The van der Waals surface area contributed by atoms with Crippen LogP contribution >= 0.6 is 23.2 Å². The predicted octanol–water partition coefficient (Wildman–Crippen LogP) is 5.44. The van der Waals surface area contributed by atoms with Gasteiger partial charge < -0.3 is 15.0 Å². The molecule has 0 aromatic heterocycles. The molecule has 1 rings (SSSR count). The molecule has 130 valence electrons. The first-order chi connectivity index (χ1) is 10.4. The van der Waals surface area contributed by atoms with E-state index in [0.29, 0.717) is 23.1 Å². The maximum Gasteiger partial charge on any atom is 0.410 e. The summed E-state index contributed by atoms with van der Waals surface area (Å²) in [6.45, 7) is 12.6. The van der Waals surface area contributed by atoms with Crippen molar-refractivity contribution in [3.63, 3.8) is 0 Å². The maximum absolute atomic E-state index is 12.4. The molecule has 1 aromatic rings. The van der Waals surface area contributed by atoms with Crippen molar-refractivity contribution in [2.45, 2.75) is 52.7 Å². The number of amides is 1. The van der Waals surface area contributed by atoms with Gasteiger partial charge in [0.1, 0.15) is 5.60 Å². The SMILES string of the molecule is CC(C)(C)OC(=O)N(CCNc1ccc(Cl)cc1Cl)C(C)(C)C. The van der Waals surface area contributed by atoms with Crippen LogP contribution in [0.3, 0.4) is 0 Å². The summed E-state index contributed by atoms with van der Waals surface area (Å²) >= 11 is 12.0. The molecule has 4 nitrogen and oxygen atoms in total. The first-order valence-corrected chi connectivity index (χ1v) is 8.35. The Kier molecular flexibility index (Phi) is 6.60. The van der Waals surface area contributed by atoms with Gasteiger partial charge in [0.25, 0.3) is 0 Å². The second-order valence-corrected chi connectivity index (χ2v) is 8.20. The molecule has 6 heteroatoms. The standard InChI is InChI=1S/C17H26Cl2N2O2/c1-16(2,3)21(15(22)23-17(4,5)6)10-9-20-14-8-7-12(18)11-13(14)19/h7-8,11,20H,9-10H2,1-6H3. The molecule has 0 aliphatic rings. The summed E-state index contributed by atoms with van der Waals surface area (Å²) in [5.74, 6) is 0. The fourth-order valence-electron chi connectivity index (χ4n) is 1.95. The maximum atomic E-state index is 12.4. The van der Waals surface area contributed by atoms with E-state index in [-0.39, 0.29) is 11.6 Å². The Morgan fingerprint density at radius 1 is 1.17 bits per heavy atom. The lowest BCUT2D eigenvalue weighted by atomic mass is 10.1. The molecule has 0 bridgehead atoms. The molecule has 0 saturated heterocycles. The van der Waals surface area contributed by atoms with Gasteiger partial charge in [0.15, 0.2) is 0 Å². The van der Waals surface area contributed by atoms with Crippen LogP contribution in [-0.4, -0.2) is 35.2 Å². The van der Waals surface area contributed by atoms with E-state index in [9.17, 15) is 4.79 Å². The van der Waals surface area contributed by atoms with E-state index in [1.54, 1.807) is 17.0 Å². The van der Waals surface area contributed by atoms with E-state index >= 15 is 0 Å². The van der Waals surface area contributed by atoms with Gasteiger partial charge in [-0.05, 0) is 59.7 Å². The van der Waals surface area contributed by atoms with Crippen LogP contribution in [-0.2, 0) is 4.74 Å². The second kappa shape index (κ2) is 7.63. The van der Waals surface area contributed by atoms with Crippen molar-refractivity contribution in [1.29, 1.82) is 0 Å². The molecule has 1 amide bonds. The topological polar surface area (TPSA) is 41.6 Å². The minimum absolute atomic E-state index is 0.325. The highest BCUT2D eigenvalue weighted by Gasteiger charge is 2.30. The van der Waals surface area contributed by atoms with Crippen LogP contribution in [0.1, 0.15) is 41.5 Å². The van der Waals surface area contributed by atoms with E-state index in [1.165, 1.54) is 0 Å². The third-order valence-corrected chi connectivity index (χ3v) is 3.55. The van der Waals surface area contributed by atoms with Crippen molar-refractivity contribution in [2.24, 2.45) is 0 Å². The van der Waals surface area contributed by atoms with Crippen LogP contribution in [0.15, 0.2) is 18.2 Å².